The Kier molecular flexibility index (Phi) is 5.98. The van der Waals surface area contributed by atoms with Gasteiger partial charge in [-0.15, -0.1) is 0 Å². The lowest BCUT2D eigenvalue weighted by Gasteiger charge is -2.15. The van der Waals surface area contributed by atoms with Crippen LogP contribution >= 0.6 is 15.9 Å². The van der Waals surface area contributed by atoms with Gasteiger partial charge in [-0.1, -0.05) is 6.07 Å². The van der Waals surface area contributed by atoms with Gasteiger partial charge in [0.2, 0.25) is 5.71 Å². The van der Waals surface area contributed by atoms with Gasteiger partial charge < -0.3 is 4.74 Å². The summed E-state index contributed by atoms with van der Waals surface area (Å²) >= 11 is 3.07. The number of hydrazone groups is 1. The van der Waals surface area contributed by atoms with Gasteiger partial charge in [-0.3, -0.25) is 5.43 Å². The average Bonchev–Trinajstić information content (AvgIpc) is 2.59. The zero-order chi connectivity index (χ0) is 20.2. The molecule has 11 heteroatoms. The molecule has 0 aliphatic rings. The Bertz CT molecular complexity index is 953. The quantitative estimate of drug-likeness (QED) is 0.391. The van der Waals surface area contributed by atoms with Crippen molar-refractivity contribution in [2.45, 2.75) is 6.18 Å². The Morgan fingerprint density at radius 1 is 1.07 bits per heavy atom. The Morgan fingerprint density at radius 2 is 1.67 bits per heavy atom. The summed E-state index contributed by atoms with van der Waals surface area (Å²) < 4.78 is 71.1. The van der Waals surface area contributed by atoms with E-state index < -0.39 is 34.8 Å². The maximum Gasteiger partial charge on any atom is 0.416 e. The summed E-state index contributed by atoms with van der Waals surface area (Å²) in [5, 5.41) is 20.8. The maximum atomic E-state index is 14.0. The van der Waals surface area contributed by atoms with Crippen molar-refractivity contribution in [2.24, 2.45) is 5.10 Å². The number of rotatable bonds is 4. The first-order valence-corrected chi connectivity index (χ1v) is 7.63. The van der Waals surface area contributed by atoms with Gasteiger partial charge in [-0.25, -0.2) is 8.78 Å². The Balaban J connectivity index is 2.46. The first kappa shape index (κ1) is 20.1. The summed E-state index contributed by atoms with van der Waals surface area (Å²) in [5.74, 6) is -4.43. The van der Waals surface area contributed by atoms with Crippen LogP contribution in [0, 0.1) is 34.3 Å². The van der Waals surface area contributed by atoms with Crippen molar-refractivity contribution in [3.63, 3.8) is 0 Å². The number of anilines is 1. The van der Waals surface area contributed by atoms with Crippen molar-refractivity contribution in [2.75, 3.05) is 5.43 Å². The van der Waals surface area contributed by atoms with Crippen LogP contribution < -0.4 is 10.2 Å². The fourth-order valence-corrected chi connectivity index (χ4v) is 2.26. The summed E-state index contributed by atoms with van der Waals surface area (Å²) in [4.78, 5) is 0. The molecule has 0 heterocycles. The highest BCUT2D eigenvalue weighted by atomic mass is 79.9. The molecule has 0 aliphatic carbocycles. The highest BCUT2D eigenvalue weighted by Gasteiger charge is 2.33. The lowest BCUT2D eigenvalue weighted by molar-refractivity contribution is -0.138. The molecule has 0 fully saturated rings. The van der Waals surface area contributed by atoms with Crippen LogP contribution in [-0.2, 0) is 6.18 Å². The molecule has 0 aromatic heterocycles. The van der Waals surface area contributed by atoms with Crippen LogP contribution in [0.3, 0.4) is 0 Å². The van der Waals surface area contributed by atoms with Gasteiger partial charge >= 0.3 is 6.18 Å². The monoisotopic (exact) mass is 444 g/mol. The number of hydrogen-bond donors (Lipinski definition) is 1. The lowest BCUT2D eigenvalue weighted by Crippen LogP contribution is -2.07. The smallest absolute Gasteiger partial charge is 0.416 e. The molecule has 2 rings (SSSR count). The largest absolute Gasteiger partial charge is 0.448 e. The topological polar surface area (TPSA) is 81.2 Å². The molecule has 2 aromatic carbocycles. The predicted octanol–water partition coefficient (Wildman–Crippen LogP) is 5.35. The number of hydrogen-bond acceptors (Lipinski definition) is 5. The Hall–Kier alpha value is -3.18. The van der Waals surface area contributed by atoms with Gasteiger partial charge in [0.25, 0.3) is 0 Å². The molecule has 0 spiro atoms. The zero-order valence-electron chi connectivity index (χ0n) is 12.9. The molecule has 0 aliphatic heterocycles. The third-order valence-corrected chi connectivity index (χ3v) is 3.62. The summed E-state index contributed by atoms with van der Waals surface area (Å²) in [6, 6.07) is 7.44. The zero-order valence-corrected chi connectivity index (χ0v) is 14.5. The molecule has 27 heavy (non-hydrogen) atoms. The summed E-state index contributed by atoms with van der Waals surface area (Å²) in [6.45, 7) is 0. The molecule has 0 unspecified atom stereocenters. The van der Waals surface area contributed by atoms with Gasteiger partial charge in [-0.05, 0) is 40.2 Å². The molecular weight excluding hydrogens is 439 g/mol. The number of nitriles is 2. The molecule has 1 N–H and O–H groups in total. The van der Waals surface area contributed by atoms with Gasteiger partial charge in [0.15, 0.2) is 23.1 Å². The van der Waals surface area contributed by atoms with Crippen molar-refractivity contribution in [1.29, 1.82) is 10.5 Å². The molecule has 0 atom stereocenters. The number of alkyl halides is 3. The lowest BCUT2D eigenvalue weighted by atomic mass is 10.2. The minimum Gasteiger partial charge on any atom is -0.448 e. The molecule has 0 bridgehead atoms. The van der Waals surface area contributed by atoms with E-state index >= 15 is 0 Å². The minimum absolute atomic E-state index is 0.00827. The van der Waals surface area contributed by atoms with Crippen LogP contribution in [0.1, 0.15) is 5.56 Å². The second-order valence-corrected chi connectivity index (χ2v) is 5.64. The summed E-state index contributed by atoms with van der Waals surface area (Å²) in [5.41, 5.74) is 0.264. The molecular formula is C16H6BrF5N4O. The van der Waals surface area contributed by atoms with Crippen LogP contribution in [-0.4, -0.2) is 5.71 Å². The molecule has 0 radical (unpaired) electrons. The van der Waals surface area contributed by atoms with Gasteiger partial charge in [-0.2, -0.15) is 28.8 Å². The maximum absolute atomic E-state index is 14.0. The van der Waals surface area contributed by atoms with E-state index in [2.05, 4.69) is 26.5 Å². The third-order valence-electron chi connectivity index (χ3n) is 3.00. The van der Waals surface area contributed by atoms with Crippen molar-refractivity contribution in [3.8, 4) is 23.6 Å². The Labute approximate surface area is 157 Å². The van der Waals surface area contributed by atoms with Crippen molar-refractivity contribution in [3.05, 3.63) is 52.0 Å². The van der Waals surface area contributed by atoms with E-state index in [1.165, 1.54) is 30.3 Å². The van der Waals surface area contributed by atoms with Gasteiger partial charge in [0, 0.05) is 0 Å². The van der Waals surface area contributed by atoms with E-state index in [1.54, 1.807) is 0 Å². The fourth-order valence-electron chi connectivity index (χ4n) is 1.81. The first-order valence-electron chi connectivity index (χ1n) is 6.84. The molecule has 2 aromatic rings. The number of ether oxygens (including phenoxy) is 1. The highest BCUT2D eigenvalue weighted by Crippen LogP contribution is 2.40. The van der Waals surface area contributed by atoms with Crippen molar-refractivity contribution < 1.29 is 26.7 Å². The number of para-hydroxylation sites is 1. The second kappa shape index (κ2) is 8.01. The highest BCUT2D eigenvalue weighted by molar-refractivity contribution is 9.10. The molecule has 0 saturated heterocycles. The molecule has 0 amide bonds. The predicted molar refractivity (Wildman–Crippen MR) is 87.9 cm³/mol. The van der Waals surface area contributed by atoms with Crippen LogP contribution in [0.5, 0.6) is 11.5 Å². The minimum atomic E-state index is -4.93. The molecule has 5 nitrogen and oxygen atoms in total. The van der Waals surface area contributed by atoms with E-state index in [4.69, 9.17) is 15.3 Å². The van der Waals surface area contributed by atoms with Gasteiger partial charge in [0.05, 0.1) is 10.0 Å². The number of nitrogens with zero attached hydrogens (tertiary/aromatic N) is 3. The van der Waals surface area contributed by atoms with Crippen LogP contribution in [0.4, 0.5) is 27.6 Å². The van der Waals surface area contributed by atoms with E-state index in [-0.39, 0.29) is 28.0 Å². The number of halogens is 6. The standard InChI is InChI=1S/C16H6BrF5N4O/c17-10-2-1-3-13(26-25-9(6-23)7-24)14(10)27-15-11(18)4-8(5-12(15)19)16(20,21)22/h1-5,26H. The van der Waals surface area contributed by atoms with E-state index in [1.807, 2.05) is 0 Å². The summed E-state index contributed by atoms with van der Waals surface area (Å²) in [6.07, 6.45) is -4.93. The molecule has 138 valence electrons. The second-order valence-electron chi connectivity index (χ2n) is 4.78. The van der Waals surface area contributed by atoms with E-state index in [0.717, 1.165) is 0 Å². The number of nitrogens with one attached hydrogen (secondary N) is 1. The average molecular weight is 445 g/mol. The van der Waals surface area contributed by atoms with Crippen LogP contribution in [0.2, 0.25) is 0 Å². The Morgan fingerprint density at radius 3 is 2.19 bits per heavy atom. The van der Waals surface area contributed by atoms with Crippen LogP contribution in [0.25, 0.3) is 0 Å². The molecule has 0 saturated carbocycles. The third kappa shape index (κ3) is 4.71. The van der Waals surface area contributed by atoms with E-state index in [0.29, 0.717) is 0 Å². The van der Waals surface area contributed by atoms with Crippen molar-refractivity contribution >= 4 is 27.3 Å². The first-order chi connectivity index (χ1) is 12.7. The summed E-state index contributed by atoms with van der Waals surface area (Å²) in [7, 11) is 0. The van der Waals surface area contributed by atoms with Crippen molar-refractivity contribution in [1.82, 2.24) is 0 Å². The normalized spacial score (nSPS) is 10.5. The van der Waals surface area contributed by atoms with Gasteiger partial charge in [0.1, 0.15) is 17.8 Å². The SMILES string of the molecule is N#CC(C#N)=NNc1cccc(Br)c1Oc1c(F)cc(C(F)(F)F)cc1F. The van der Waals surface area contributed by atoms with Crippen LogP contribution in [0.15, 0.2) is 39.9 Å². The fraction of sp³-hybridized carbons (Fsp3) is 0.0625. The van der Waals surface area contributed by atoms with E-state index in [9.17, 15) is 22.0 Å². The number of benzene rings is 2.